The minimum absolute atomic E-state index is 0.0442. The van der Waals surface area contributed by atoms with Gasteiger partial charge in [0.15, 0.2) is 12.4 Å². The van der Waals surface area contributed by atoms with Crippen LogP contribution in [0.25, 0.3) is 5.69 Å². The zero-order chi connectivity index (χ0) is 19.9. The van der Waals surface area contributed by atoms with Crippen LogP contribution >= 0.6 is 0 Å². The Hall–Kier alpha value is -3.28. The first-order chi connectivity index (χ1) is 12.6. The predicted octanol–water partition coefficient (Wildman–Crippen LogP) is 2.66. The first-order valence-electron chi connectivity index (χ1n) is 7.64. The van der Waals surface area contributed by atoms with Crippen LogP contribution in [0.1, 0.15) is 11.1 Å². The first-order valence-corrected chi connectivity index (χ1v) is 7.64. The number of alkyl halides is 3. The van der Waals surface area contributed by atoms with Crippen molar-refractivity contribution in [3.05, 3.63) is 51.7 Å². The van der Waals surface area contributed by atoms with Crippen LogP contribution in [0.15, 0.2) is 29.2 Å². The maximum absolute atomic E-state index is 14.5. The molecule has 0 saturated heterocycles. The second-order valence-corrected chi connectivity index (χ2v) is 5.82. The number of anilines is 1. The molecule has 1 aromatic heterocycles. The average molecular weight is 380 g/mol. The van der Waals surface area contributed by atoms with E-state index in [2.05, 4.69) is 5.92 Å². The highest BCUT2D eigenvalue weighted by atomic mass is 19.4. The number of nitrogens with zero attached hydrogens (tertiary/aromatic N) is 2. The van der Waals surface area contributed by atoms with Gasteiger partial charge in [-0.25, -0.2) is 4.39 Å². The number of hydrogen-bond acceptors (Lipinski definition) is 3. The Morgan fingerprint density at radius 2 is 1.93 bits per heavy atom. The van der Waals surface area contributed by atoms with Crippen molar-refractivity contribution in [1.29, 1.82) is 0 Å². The monoisotopic (exact) mass is 380 g/mol. The fourth-order valence-corrected chi connectivity index (χ4v) is 2.79. The van der Waals surface area contributed by atoms with Crippen LogP contribution in [0, 0.1) is 25.1 Å². The molecule has 0 spiro atoms. The number of fused-ring (bicyclic) bond motifs is 1. The van der Waals surface area contributed by atoms with Gasteiger partial charge in [0.1, 0.15) is 5.75 Å². The second kappa shape index (κ2) is 6.46. The molecule has 1 aliphatic rings. The zero-order valence-corrected chi connectivity index (χ0v) is 13.9. The van der Waals surface area contributed by atoms with Gasteiger partial charge in [-0.15, -0.1) is 6.42 Å². The quantitative estimate of drug-likeness (QED) is 0.595. The molecule has 0 atom stereocenters. The minimum Gasteiger partial charge on any atom is -0.481 e. The summed E-state index contributed by atoms with van der Waals surface area (Å²) in [7, 11) is 0. The number of terminal acetylenes is 1. The molecule has 0 fully saturated rings. The van der Waals surface area contributed by atoms with Crippen molar-refractivity contribution in [1.82, 2.24) is 4.57 Å². The van der Waals surface area contributed by atoms with Crippen molar-refractivity contribution in [2.24, 2.45) is 0 Å². The molecule has 1 aliphatic heterocycles. The molecule has 3 rings (SSSR count). The lowest BCUT2D eigenvalue weighted by Gasteiger charge is -2.28. The molecule has 0 unspecified atom stereocenters. The van der Waals surface area contributed by atoms with Gasteiger partial charge in [0.2, 0.25) is 0 Å². The van der Waals surface area contributed by atoms with Gasteiger partial charge < -0.3 is 4.74 Å². The molecule has 27 heavy (non-hydrogen) atoms. The van der Waals surface area contributed by atoms with Crippen LogP contribution in [0.4, 0.5) is 23.2 Å². The number of hydrogen-bond donors (Lipinski definition) is 0. The van der Waals surface area contributed by atoms with Crippen molar-refractivity contribution in [2.75, 3.05) is 18.1 Å². The van der Waals surface area contributed by atoms with Crippen LogP contribution < -0.4 is 15.2 Å². The Morgan fingerprint density at radius 1 is 1.22 bits per heavy atom. The van der Waals surface area contributed by atoms with Gasteiger partial charge in [0.05, 0.1) is 23.5 Å². The average Bonchev–Trinajstić information content (AvgIpc) is 2.58. The molecule has 140 valence electrons. The summed E-state index contributed by atoms with van der Waals surface area (Å²) in [5.41, 5.74) is -2.62. The van der Waals surface area contributed by atoms with Gasteiger partial charge in [-0.2, -0.15) is 13.2 Å². The Bertz CT molecular complexity index is 1030. The molecular weight excluding hydrogens is 368 g/mol. The molecule has 9 heteroatoms. The van der Waals surface area contributed by atoms with Crippen molar-refractivity contribution in [3.8, 4) is 23.8 Å². The van der Waals surface area contributed by atoms with Gasteiger partial charge in [-0.05, 0) is 18.6 Å². The number of ether oxygens (including phenoxy) is 1. The number of pyridine rings is 1. The Labute approximate surface area is 150 Å². The van der Waals surface area contributed by atoms with Gasteiger partial charge in [-0.3, -0.25) is 19.1 Å². The first kappa shape index (κ1) is 18.5. The Balaban J connectivity index is 2.20. The lowest BCUT2D eigenvalue weighted by atomic mass is 10.1. The Kier molecular flexibility index (Phi) is 4.43. The summed E-state index contributed by atoms with van der Waals surface area (Å²) in [4.78, 5) is 25.3. The third-order valence-electron chi connectivity index (χ3n) is 4.04. The summed E-state index contributed by atoms with van der Waals surface area (Å²) in [5, 5.41) is 0. The van der Waals surface area contributed by atoms with E-state index in [1.54, 1.807) is 0 Å². The van der Waals surface area contributed by atoms with Crippen molar-refractivity contribution in [2.45, 2.75) is 13.1 Å². The number of aryl methyl sites for hydroxylation is 1. The number of aromatic nitrogens is 1. The summed E-state index contributed by atoms with van der Waals surface area (Å²) in [6.07, 6.45) is 1.43. The molecule has 0 bridgehead atoms. The highest BCUT2D eigenvalue weighted by Gasteiger charge is 2.33. The number of carbonyl (C=O) groups excluding carboxylic acids is 1. The molecule has 0 radical (unpaired) electrons. The standard InChI is InChI=1S/C18H12F4N2O3/c1-3-4-23-14-7-13(12(19)6-15(14)27-9-17(23)26)24-8-10(2)11(5-16(24)25)18(20,21)22/h1,5-8H,4,9H2,2H3. The summed E-state index contributed by atoms with van der Waals surface area (Å²) < 4.78 is 59.3. The SMILES string of the molecule is C#CCN1C(=O)COc2cc(F)c(-n3cc(C)c(C(F)(F)F)cc3=O)cc21. The summed E-state index contributed by atoms with van der Waals surface area (Å²) in [6, 6.07) is 2.50. The predicted molar refractivity (Wildman–Crippen MR) is 88.4 cm³/mol. The number of rotatable bonds is 2. The van der Waals surface area contributed by atoms with Crippen molar-refractivity contribution in [3.63, 3.8) is 0 Å². The van der Waals surface area contributed by atoms with Crippen molar-refractivity contribution < 1.29 is 27.1 Å². The minimum atomic E-state index is -4.71. The number of carbonyl (C=O) groups is 1. The normalized spacial score (nSPS) is 13.8. The van der Waals surface area contributed by atoms with E-state index in [1.807, 2.05) is 0 Å². The molecule has 0 saturated carbocycles. The lowest BCUT2D eigenvalue weighted by Crippen LogP contribution is -2.39. The molecule has 5 nitrogen and oxygen atoms in total. The van der Waals surface area contributed by atoms with E-state index in [0.29, 0.717) is 6.07 Å². The molecular formula is C18H12F4N2O3. The zero-order valence-electron chi connectivity index (χ0n) is 13.9. The number of amides is 1. The Morgan fingerprint density at radius 3 is 2.56 bits per heavy atom. The van der Waals surface area contributed by atoms with Crippen LogP contribution in [0.2, 0.25) is 0 Å². The topological polar surface area (TPSA) is 51.5 Å². The molecule has 2 aromatic rings. The van der Waals surface area contributed by atoms with E-state index in [0.717, 1.165) is 29.8 Å². The van der Waals surface area contributed by atoms with E-state index in [-0.39, 0.29) is 35.8 Å². The number of benzene rings is 1. The van der Waals surface area contributed by atoms with Gasteiger partial charge in [-0.1, -0.05) is 5.92 Å². The van der Waals surface area contributed by atoms with Crippen LogP contribution in [-0.4, -0.2) is 23.6 Å². The number of halogens is 4. The summed E-state index contributed by atoms with van der Waals surface area (Å²) >= 11 is 0. The van der Waals surface area contributed by atoms with E-state index >= 15 is 0 Å². The third-order valence-corrected chi connectivity index (χ3v) is 4.04. The van der Waals surface area contributed by atoms with Gasteiger partial charge in [0.25, 0.3) is 11.5 Å². The smallest absolute Gasteiger partial charge is 0.416 e. The van der Waals surface area contributed by atoms with E-state index < -0.39 is 29.0 Å². The molecule has 1 amide bonds. The van der Waals surface area contributed by atoms with Crippen LogP contribution in [0.3, 0.4) is 0 Å². The maximum atomic E-state index is 14.5. The molecule has 2 heterocycles. The fraction of sp³-hybridized carbons (Fsp3) is 0.222. The lowest BCUT2D eigenvalue weighted by molar-refractivity contribution is -0.138. The largest absolute Gasteiger partial charge is 0.481 e. The molecule has 1 aromatic carbocycles. The van der Waals surface area contributed by atoms with E-state index in [9.17, 15) is 27.2 Å². The summed E-state index contributed by atoms with van der Waals surface area (Å²) in [6.45, 7) is 0.723. The van der Waals surface area contributed by atoms with Gasteiger partial charge in [0, 0.05) is 18.3 Å². The molecule has 0 aliphatic carbocycles. The highest BCUT2D eigenvalue weighted by Crippen LogP contribution is 2.36. The maximum Gasteiger partial charge on any atom is 0.416 e. The highest BCUT2D eigenvalue weighted by molar-refractivity contribution is 5.98. The van der Waals surface area contributed by atoms with E-state index in [1.165, 1.54) is 4.90 Å². The van der Waals surface area contributed by atoms with Crippen LogP contribution in [0.5, 0.6) is 5.75 Å². The van der Waals surface area contributed by atoms with Gasteiger partial charge >= 0.3 is 6.18 Å². The summed E-state index contributed by atoms with van der Waals surface area (Å²) in [5.74, 6) is 0.972. The second-order valence-electron chi connectivity index (χ2n) is 5.82. The fourth-order valence-electron chi connectivity index (χ4n) is 2.79. The third kappa shape index (κ3) is 3.26. The van der Waals surface area contributed by atoms with E-state index in [4.69, 9.17) is 11.2 Å². The molecule has 0 N–H and O–H groups in total. The van der Waals surface area contributed by atoms with Crippen molar-refractivity contribution >= 4 is 11.6 Å². The van der Waals surface area contributed by atoms with Crippen LogP contribution in [-0.2, 0) is 11.0 Å².